The largest absolute Gasteiger partial charge is 0.494 e. The molecule has 3 heterocycles. The lowest BCUT2D eigenvalue weighted by Gasteiger charge is -1.98. The van der Waals surface area contributed by atoms with E-state index in [-0.39, 0.29) is 10.8 Å². The van der Waals surface area contributed by atoms with Gasteiger partial charge in [0, 0.05) is 12.0 Å². The Morgan fingerprint density at radius 3 is 2.67 bits per heavy atom. The molecule has 5 rings (SSSR count). The minimum atomic E-state index is -0.273. The summed E-state index contributed by atoms with van der Waals surface area (Å²) < 4.78 is 11.7. The monoisotopic (exact) mass is 419 g/mol. The molecule has 7 nitrogen and oxygen atoms in total. The van der Waals surface area contributed by atoms with E-state index in [1.807, 2.05) is 55.5 Å². The highest BCUT2D eigenvalue weighted by Gasteiger charge is 2.16. The normalized spacial score (nSPS) is 11.4. The Bertz CT molecular complexity index is 1400. The fourth-order valence-electron chi connectivity index (χ4n) is 3.30. The highest BCUT2D eigenvalue weighted by Crippen LogP contribution is 2.26. The van der Waals surface area contributed by atoms with Crippen LogP contribution >= 0.6 is 11.3 Å². The highest BCUT2D eigenvalue weighted by molar-refractivity contribution is 7.09. The Morgan fingerprint density at radius 1 is 1.07 bits per heavy atom. The molecule has 0 saturated heterocycles. The van der Waals surface area contributed by atoms with Crippen LogP contribution in [0.4, 0.5) is 0 Å². The fraction of sp³-hybridized carbons (Fsp3) is 0.136. The molecule has 3 aromatic heterocycles. The number of aromatic nitrogens is 3. The number of hydrogen-bond donors (Lipinski definition) is 2. The smallest absolute Gasteiger partial charge is 0.307 e. The van der Waals surface area contributed by atoms with Crippen molar-refractivity contribution in [1.29, 1.82) is 0 Å². The molecule has 0 bridgehead atoms. The molecule has 0 unspecified atom stereocenters. The summed E-state index contributed by atoms with van der Waals surface area (Å²) in [4.78, 5) is 23.3. The van der Waals surface area contributed by atoms with E-state index in [1.165, 1.54) is 0 Å². The van der Waals surface area contributed by atoms with Gasteiger partial charge in [-0.05, 0) is 36.8 Å². The van der Waals surface area contributed by atoms with Gasteiger partial charge in [-0.25, -0.2) is 9.97 Å². The molecule has 2 aromatic carbocycles. The van der Waals surface area contributed by atoms with E-state index >= 15 is 0 Å². The fourth-order valence-corrected chi connectivity index (χ4v) is 4.06. The van der Waals surface area contributed by atoms with Crippen LogP contribution in [0.5, 0.6) is 5.88 Å². The van der Waals surface area contributed by atoms with Crippen molar-refractivity contribution in [2.45, 2.75) is 19.8 Å². The number of rotatable bonds is 5. The molecule has 150 valence electrons. The van der Waals surface area contributed by atoms with Crippen LogP contribution in [0, 0.1) is 6.92 Å². The van der Waals surface area contributed by atoms with Crippen molar-refractivity contribution < 1.29 is 13.9 Å². The zero-order valence-electron chi connectivity index (χ0n) is 16.0. The van der Waals surface area contributed by atoms with E-state index in [1.54, 1.807) is 0 Å². The Balaban J connectivity index is 1.40. The number of hydrogen-bond acceptors (Lipinski definition) is 7. The summed E-state index contributed by atoms with van der Waals surface area (Å²) in [6, 6.07) is 15.4. The van der Waals surface area contributed by atoms with Crippen LogP contribution in [0.3, 0.4) is 0 Å². The number of nitrogens with one attached hydrogen (secondary N) is 1. The van der Waals surface area contributed by atoms with Gasteiger partial charge in [-0.1, -0.05) is 35.6 Å². The number of aromatic hydroxyl groups is 1. The van der Waals surface area contributed by atoms with Crippen LogP contribution in [-0.4, -0.2) is 20.1 Å². The zero-order chi connectivity index (χ0) is 20.7. The second kappa shape index (κ2) is 7.31. The molecule has 2 N–H and O–H groups in total. The number of oxazole rings is 2. The molecule has 0 aliphatic carbocycles. The number of benzene rings is 2. The minimum absolute atomic E-state index is 0.0818. The highest BCUT2D eigenvalue weighted by atomic mass is 32.1. The van der Waals surface area contributed by atoms with Gasteiger partial charge in [0.2, 0.25) is 17.7 Å². The van der Waals surface area contributed by atoms with E-state index in [2.05, 4.69) is 15.0 Å². The van der Waals surface area contributed by atoms with Gasteiger partial charge in [0.1, 0.15) is 11.3 Å². The second-order valence-corrected chi connectivity index (χ2v) is 8.01. The van der Waals surface area contributed by atoms with E-state index < -0.39 is 0 Å². The van der Waals surface area contributed by atoms with E-state index in [4.69, 9.17) is 8.83 Å². The summed E-state index contributed by atoms with van der Waals surface area (Å²) in [7, 11) is 0. The van der Waals surface area contributed by atoms with Gasteiger partial charge in [0.05, 0.1) is 17.0 Å². The summed E-state index contributed by atoms with van der Waals surface area (Å²) in [5.41, 5.74) is 4.02. The van der Waals surface area contributed by atoms with Gasteiger partial charge >= 0.3 is 4.87 Å². The standard InChI is InChI=1S/C22H17N3O4S/c1-12-15(24-21(28-12)14-5-3-2-4-6-14)11-19-23-16-9-13(7-8-17(16)29-19)10-18-20(26)25-22(27)30-18/h2-9,26H,10-11H2,1H3,(H,25,27). The third-order valence-corrected chi connectivity index (χ3v) is 5.67. The van der Waals surface area contributed by atoms with Gasteiger partial charge in [-0.2, -0.15) is 0 Å². The van der Waals surface area contributed by atoms with Crippen molar-refractivity contribution in [3.8, 4) is 17.3 Å². The van der Waals surface area contributed by atoms with Crippen LogP contribution < -0.4 is 4.87 Å². The topological polar surface area (TPSA) is 105 Å². The number of aromatic amines is 1. The quantitative estimate of drug-likeness (QED) is 0.437. The number of nitrogens with zero attached hydrogens (tertiary/aromatic N) is 2. The summed E-state index contributed by atoms with van der Waals surface area (Å²) in [5, 5.41) is 9.79. The molecule has 0 atom stereocenters. The first-order chi connectivity index (χ1) is 14.5. The van der Waals surface area contributed by atoms with Crippen molar-refractivity contribution >= 4 is 22.4 Å². The molecule has 0 spiro atoms. The third-order valence-electron chi connectivity index (χ3n) is 4.79. The minimum Gasteiger partial charge on any atom is -0.494 e. The second-order valence-electron chi connectivity index (χ2n) is 6.94. The molecule has 0 aliphatic heterocycles. The van der Waals surface area contributed by atoms with E-state index in [9.17, 15) is 9.90 Å². The van der Waals surface area contributed by atoms with Gasteiger partial charge in [-0.15, -0.1) is 0 Å². The first-order valence-corrected chi connectivity index (χ1v) is 10.2. The zero-order valence-corrected chi connectivity index (χ0v) is 16.8. The average molecular weight is 419 g/mol. The van der Waals surface area contributed by atoms with Crippen LogP contribution in [0.2, 0.25) is 0 Å². The van der Waals surface area contributed by atoms with Gasteiger partial charge < -0.3 is 13.9 Å². The summed E-state index contributed by atoms with van der Waals surface area (Å²) >= 11 is 1.000. The maximum atomic E-state index is 11.4. The predicted octanol–water partition coefficient (Wildman–Crippen LogP) is 4.43. The van der Waals surface area contributed by atoms with Crippen molar-refractivity contribution in [3.05, 3.63) is 86.0 Å². The first kappa shape index (κ1) is 18.4. The molecule has 0 radical (unpaired) electrons. The maximum absolute atomic E-state index is 11.4. The number of aryl methyl sites for hydroxylation is 1. The SMILES string of the molecule is Cc1oc(-c2ccccc2)nc1Cc1nc2cc(Cc3sc(=O)[nH]c3O)ccc2o1. The molecule has 0 aliphatic rings. The first-order valence-electron chi connectivity index (χ1n) is 9.36. The van der Waals surface area contributed by atoms with Crippen LogP contribution in [0.25, 0.3) is 22.6 Å². The Labute approximate surface area is 174 Å². The van der Waals surface area contributed by atoms with Crippen molar-refractivity contribution in [2.24, 2.45) is 0 Å². The van der Waals surface area contributed by atoms with Crippen LogP contribution in [0.1, 0.15) is 27.8 Å². The van der Waals surface area contributed by atoms with Gasteiger partial charge in [0.15, 0.2) is 5.58 Å². The Kier molecular flexibility index (Phi) is 4.48. The van der Waals surface area contributed by atoms with Crippen molar-refractivity contribution in [1.82, 2.24) is 15.0 Å². The summed E-state index contributed by atoms with van der Waals surface area (Å²) in [5.74, 6) is 1.77. The van der Waals surface area contributed by atoms with Crippen molar-refractivity contribution in [3.63, 3.8) is 0 Å². The van der Waals surface area contributed by atoms with Crippen LogP contribution in [-0.2, 0) is 12.8 Å². The number of thiazole rings is 1. The molecule has 0 fully saturated rings. The Morgan fingerprint density at radius 2 is 1.90 bits per heavy atom. The lowest BCUT2D eigenvalue weighted by atomic mass is 10.1. The number of H-pyrrole nitrogens is 1. The summed E-state index contributed by atoms with van der Waals surface area (Å²) in [6.45, 7) is 1.88. The summed E-state index contributed by atoms with van der Waals surface area (Å²) in [6.07, 6.45) is 0.864. The van der Waals surface area contributed by atoms with Gasteiger partial charge in [0.25, 0.3) is 0 Å². The Hall–Kier alpha value is -3.65. The lowest BCUT2D eigenvalue weighted by molar-refractivity contribution is 0.451. The predicted molar refractivity (Wildman–Crippen MR) is 113 cm³/mol. The van der Waals surface area contributed by atoms with E-state index in [0.29, 0.717) is 40.6 Å². The molecule has 30 heavy (non-hydrogen) atoms. The van der Waals surface area contributed by atoms with Crippen molar-refractivity contribution in [2.75, 3.05) is 0 Å². The maximum Gasteiger partial charge on any atom is 0.307 e. The average Bonchev–Trinajstić information content (AvgIpc) is 3.39. The molecule has 0 saturated carbocycles. The third kappa shape index (κ3) is 3.53. The number of fused-ring (bicyclic) bond motifs is 1. The van der Waals surface area contributed by atoms with Crippen LogP contribution in [0.15, 0.2) is 62.2 Å². The molecule has 5 aromatic rings. The molecule has 8 heteroatoms. The molecule has 0 amide bonds. The molecular formula is C22H17N3O4S. The van der Waals surface area contributed by atoms with Gasteiger partial charge in [-0.3, -0.25) is 9.78 Å². The molecular weight excluding hydrogens is 402 g/mol. The lowest BCUT2D eigenvalue weighted by Crippen LogP contribution is -1.91. The van der Waals surface area contributed by atoms with E-state index in [0.717, 1.165) is 33.9 Å².